The van der Waals surface area contributed by atoms with Crippen LogP contribution in [0.3, 0.4) is 0 Å². The van der Waals surface area contributed by atoms with Crippen molar-refractivity contribution in [3.63, 3.8) is 0 Å². The number of esters is 1. The number of unbranched alkanes of at least 4 members (excludes halogenated alkanes) is 1. The molecule has 0 bridgehead atoms. The lowest BCUT2D eigenvalue weighted by atomic mass is 10.1. The summed E-state index contributed by atoms with van der Waals surface area (Å²) in [5, 5.41) is 15.0. The molecule has 0 saturated carbocycles. The number of thioether (sulfide) groups is 1. The number of aryl methyl sites for hydroxylation is 1. The van der Waals surface area contributed by atoms with Gasteiger partial charge in [-0.25, -0.2) is 4.79 Å². The van der Waals surface area contributed by atoms with Gasteiger partial charge in [-0.3, -0.25) is 9.59 Å². The van der Waals surface area contributed by atoms with Crippen LogP contribution < -0.4 is 10.6 Å². The predicted octanol–water partition coefficient (Wildman–Crippen LogP) is 4.45. The SMILES string of the molecule is CCCCn1c(CNC(=O)c2ccco2)nnc1SC(C)C(=O)Nc1sc2c(c1C(=O)OCC)CCC2. The van der Waals surface area contributed by atoms with E-state index < -0.39 is 11.2 Å². The molecule has 0 aromatic carbocycles. The van der Waals surface area contributed by atoms with Crippen molar-refractivity contribution in [1.29, 1.82) is 0 Å². The minimum Gasteiger partial charge on any atom is -0.462 e. The molecule has 0 spiro atoms. The maximum Gasteiger partial charge on any atom is 0.341 e. The van der Waals surface area contributed by atoms with Crippen LogP contribution in [0.5, 0.6) is 0 Å². The Morgan fingerprint density at radius 3 is 2.84 bits per heavy atom. The third-order valence-electron chi connectivity index (χ3n) is 5.97. The molecule has 37 heavy (non-hydrogen) atoms. The van der Waals surface area contributed by atoms with Crippen molar-refractivity contribution in [2.45, 2.75) is 76.4 Å². The lowest BCUT2D eigenvalue weighted by Crippen LogP contribution is -2.25. The molecule has 3 aromatic heterocycles. The van der Waals surface area contributed by atoms with E-state index in [-0.39, 0.29) is 30.7 Å². The van der Waals surface area contributed by atoms with E-state index >= 15 is 0 Å². The number of thiophene rings is 1. The molecule has 12 heteroatoms. The van der Waals surface area contributed by atoms with E-state index in [1.54, 1.807) is 26.0 Å². The summed E-state index contributed by atoms with van der Waals surface area (Å²) in [6.07, 6.45) is 6.04. The molecule has 0 aliphatic heterocycles. The van der Waals surface area contributed by atoms with Gasteiger partial charge in [0.05, 0.1) is 30.2 Å². The molecule has 198 valence electrons. The smallest absolute Gasteiger partial charge is 0.341 e. The van der Waals surface area contributed by atoms with Crippen LogP contribution in [0.1, 0.15) is 77.2 Å². The van der Waals surface area contributed by atoms with Crippen LogP contribution in [-0.2, 0) is 35.5 Å². The molecular weight excluding hydrogens is 514 g/mol. The minimum absolute atomic E-state index is 0.182. The Balaban J connectivity index is 1.45. The number of carbonyl (C=O) groups excluding carboxylic acids is 3. The first kappa shape index (κ1) is 26.9. The summed E-state index contributed by atoms with van der Waals surface area (Å²) in [7, 11) is 0. The second kappa shape index (κ2) is 12.4. The number of hydrogen-bond acceptors (Lipinski definition) is 9. The van der Waals surface area contributed by atoms with Crippen molar-refractivity contribution >= 4 is 45.9 Å². The summed E-state index contributed by atoms with van der Waals surface area (Å²) in [6, 6.07) is 3.24. The molecule has 10 nitrogen and oxygen atoms in total. The number of hydrogen-bond donors (Lipinski definition) is 2. The van der Waals surface area contributed by atoms with E-state index in [4.69, 9.17) is 9.15 Å². The highest BCUT2D eigenvalue weighted by Gasteiger charge is 2.29. The van der Waals surface area contributed by atoms with Gasteiger partial charge in [-0.15, -0.1) is 21.5 Å². The molecule has 1 atom stereocenters. The zero-order valence-electron chi connectivity index (χ0n) is 21.2. The molecule has 4 rings (SSSR count). The van der Waals surface area contributed by atoms with Crippen LogP contribution >= 0.6 is 23.1 Å². The monoisotopic (exact) mass is 545 g/mol. The number of anilines is 1. The first-order valence-corrected chi connectivity index (χ1v) is 14.1. The first-order chi connectivity index (χ1) is 17.9. The lowest BCUT2D eigenvalue weighted by Gasteiger charge is -2.14. The highest BCUT2D eigenvalue weighted by Crippen LogP contribution is 2.40. The maximum atomic E-state index is 13.2. The molecule has 1 aliphatic carbocycles. The number of amides is 2. The molecule has 0 saturated heterocycles. The Morgan fingerprint density at radius 2 is 2.11 bits per heavy atom. The van der Waals surface area contributed by atoms with E-state index in [0.29, 0.717) is 28.1 Å². The van der Waals surface area contributed by atoms with Gasteiger partial charge in [0.1, 0.15) is 5.00 Å². The first-order valence-electron chi connectivity index (χ1n) is 12.5. The molecular formula is C25H31N5O5S2. The number of rotatable bonds is 12. The molecule has 0 fully saturated rings. The van der Waals surface area contributed by atoms with Crippen molar-refractivity contribution < 1.29 is 23.5 Å². The number of aromatic nitrogens is 3. The van der Waals surface area contributed by atoms with Gasteiger partial charge in [-0.05, 0) is 57.2 Å². The fraction of sp³-hybridized carbons (Fsp3) is 0.480. The van der Waals surface area contributed by atoms with Gasteiger partial charge in [0.25, 0.3) is 5.91 Å². The highest BCUT2D eigenvalue weighted by atomic mass is 32.2. The van der Waals surface area contributed by atoms with Crippen molar-refractivity contribution in [2.24, 2.45) is 0 Å². The normalized spacial score (nSPS) is 13.3. The largest absolute Gasteiger partial charge is 0.462 e. The summed E-state index contributed by atoms with van der Waals surface area (Å²) in [5.41, 5.74) is 1.49. The second-order valence-corrected chi connectivity index (χ2v) is 11.0. The van der Waals surface area contributed by atoms with E-state index in [0.717, 1.165) is 42.5 Å². The van der Waals surface area contributed by atoms with Crippen LogP contribution in [0, 0.1) is 0 Å². The van der Waals surface area contributed by atoms with Crippen molar-refractivity contribution in [3.8, 4) is 0 Å². The quantitative estimate of drug-likeness (QED) is 0.252. The summed E-state index contributed by atoms with van der Waals surface area (Å²) in [4.78, 5) is 39.2. The zero-order valence-corrected chi connectivity index (χ0v) is 22.8. The summed E-state index contributed by atoms with van der Waals surface area (Å²) < 4.78 is 12.3. The number of ether oxygens (including phenoxy) is 1. The zero-order chi connectivity index (χ0) is 26.4. The van der Waals surface area contributed by atoms with E-state index in [1.165, 1.54) is 29.4 Å². The van der Waals surface area contributed by atoms with Crippen molar-refractivity contribution in [1.82, 2.24) is 20.1 Å². The Bertz CT molecular complexity index is 1250. The number of nitrogens with one attached hydrogen (secondary N) is 2. The van der Waals surface area contributed by atoms with Crippen molar-refractivity contribution in [3.05, 3.63) is 46.0 Å². The van der Waals surface area contributed by atoms with Crippen LogP contribution in [0.4, 0.5) is 5.00 Å². The van der Waals surface area contributed by atoms with Gasteiger partial charge in [-0.2, -0.15) is 0 Å². The molecule has 0 radical (unpaired) electrons. The molecule has 2 amide bonds. The number of carbonyl (C=O) groups is 3. The molecule has 3 heterocycles. The van der Waals surface area contributed by atoms with Gasteiger partial charge >= 0.3 is 5.97 Å². The lowest BCUT2D eigenvalue weighted by molar-refractivity contribution is -0.115. The van der Waals surface area contributed by atoms with Crippen molar-refractivity contribution in [2.75, 3.05) is 11.9 Å². The fourth-order valence-corrected chi connectivity index (χ4v) is 6.24. The van der Waals surface area contributed by atoms with Crippen LogP contribution in [0.15, 0.2) is 28.0 Å². The Labute approximate surface area is 223 Å². The van der Waals surface area contributed by atoms with Crippen LogP contribution in [0.25, 0.3) is 0 Å². The summed E-state index contributed by atoms with van der Waals surface area (Å²) >= 11 is 2.75. The van der Waals surface area contributed by atoms with Gasteiger partial charge < -0.3 is 24.4 Å². The van der Waals surface area contributed by atoms with Gasteiger partial charge in [-0.1, -0.05) is 25.1 Å². The fourth-order valence-electron chi connectivity index (χ4n) is 4.07. The van der Waals surface area contributed by atoms with E-state index in [2.05, 4.69) is 27.8 Å². The summed E-state index contributed by atoms with van der Waals surface area (Å²) in [6.45, 7) is 6.78. The third kappa shape index (κ3) is 6.24. The van der Waals surface area contributed by atoms with Crippen LogP contribution in [0.2, 0.25) is 0 Å². The molecule has 3 aromatic rings. The average molecular weight is 546 g/mol. The molecule has 1 unspecified atom stereocenters. The Morgan fingerprint density at radius 1 is 1.27 bits per heavy atom. The second-order valence-electron chi connectivity index (χ2n) is 8.60. The summed E-state index contributed by atoms with van der Waals surface area (Å²) in [5.74, 6) is -0.132. The topological polar surface area (TPSA) is 128 Å². The average Bonchev–Trinajstić information content (AvgIpc) is 3.66. The highest BCUT2D eigenvalue weighted by molar-refractivity contribution is 8.00. The maximum absolute atomic E-state index is 13.2. The molecule has 1 aliphatic rings. The minimum atomic E-state index is -0.498. The predicted molar refractivity (Wildman–Crippen MR) is 141 cm³/mol. The number of fused-ring (bicyclic) bond motifs is 1. The number of nitrogens with zero attached hydrogens (tertiary/aromatic N) is 3. The Hall–Kier alpha value is -3.12. The van der Waals surface area contributed by atoms with Gasteiger partial charge in [0.2, 0.25) is 5.91 Å². The van der Waals surface area contributed by atoms with E-state index in [1.807, 2.05) is 4.57 Å². The third-order valence-corrected chi connectivity index (χ3v) is 8.26. The molecule has 2 N–H and O–H groups in total. The van der Waals surface area contributed by atoms with E-state index in [9.17, 15) is 14.4 Å². The standard InChI is InChI=1S/C25H31N5O5S2/c1-4-6-12-30-19(14-26-22(32)17-10-8-13-35-17)28-29-25(30)36-15(3)21(31)27-23-20(24(33)34-5-2)16-9-7-11-18(16)37-23/h8,10,13,15H,4-7,9,11-12,14H2,1-3H3,(H,26,32)(H,27,31). The van der Waals surface area contributed by atoms with Gasteiger partial charge in [0, 0.05) is 11.4 Å². The van der Waals surface area contributed by atoms with Crippen LogP contribution in [-0.4, -0.2) is 44.4 Å². The Kier molecular flexibility index (Phi) is 9.04. The number of furan rings is 1. The van der Waals surface area contributed by atoms with Gasteiger partial charge in [0.15, 0.2) is 16.7 Å².